The normalized spacial score (nSPS) is 16.9. The highest BCUT2D eigenvalue weighted by atomic mass is 35.5. The van der Waals surface area contributed by atoms with Gasteiger partial charge in [-0.1, -0.05) is 34.9 Å². The van der Waals surface area contributed by atoms with Gasteiger partial charge in [-0.2, -0.15) is 0 Å². The van der Waals surface area contributed by atoms with Crippen molar-refractivity contribution >= 4 is 46.5 Å². The molecule has 3 aromatic rings. The molecule has 4 rings (SSSR count). The van der Waals surface area contributed by atoms with Crippen molar-refractivity contribution in [2.75, 3.05) is 16.8 Å². The third kappa shape index (κ3) is 3.33. The van der Waals surface area contributed by atoms with Gasteiger partial charge in [0.1, 0.15) is 0 Å². The minimum Gasteiger partial charge on any atom is -0.402 e. The molecule has 2 amide bonds. The topological polar surface area (TPSA) is 88.3 Å². The van der Waals surface area contributed by atoms with Crippen molar-refractivity contribution in [3.8, 4) is 10.8 Å². The highest BCUT2D eigenvalue weighted by Gasteiger charge is 2.35. The van der Waals surface area contributed by atoms with Gasteiger partial charge in [0.05, 0.1) is 15.1 Å². The number of nitrogens with zero attached hydrogens (tertiary/aromatic N) is 3. The Morgan fingerprint density at radius 1 is 1.23 bits per heavy atom. The second-order valence-corrected chi connectivity index (χ2v) is 7.46. The Morgan fingerprint density at radius 3 is 2.77 bits per heavy atom. The maximum absolute atomic E-state index is 12.5. The van der Waals surface area contributed by atoms with Crippen LogP contribution in [-0.4, -0.2) is 28.6 Å². The molecular weight excluding hydrogens is 376 g/mol. The Hall–Kier alpha value is -2.71. The largest absolute Gasteiger partial charge is 0.402 e. The van der Waals surface area contributed by atoms with E-state index in [0.717, 1.165) is 5.69 Å². The number of rotatable bonds is 4. The van der Waals surface area contributed by atoms with Gasteiger partial charge in [0.2, 0.25) is 11.8 Å². The lowest BCUT2D eigenvalue weighted by Gasteiger charge is -2.16. The SMILES string of the molecule is O=C(Nc1nnc(-c2ccc(Cl)s2)o1)[C@@H]1CC(=O)N(c2ccccc2)C1. The van der Waals surface area contributed by atoms with Gasteiger partial charge in [-0.3, -0.25) is 14.9 Å². The molecule has 1 atom stereocenters. The summed E-state index contributed by atoms with van der Waals surface area (Å²) < 4.78 is 6.06. The number of thiophene rings is 1. The molecule has 1 aromatic carbocycles. The monoisotopic (exact) mass is 388 g/mol. The van der Waals surface area contributed by atoms with Crippen LogP contribution in [0.5, 0.6) is 0 Å². The van der Waals surface area contributed by atoms with Gasteiger partial charge >= 0.3 is 6.01 Å². The van der Waals surface area contributed by atoms with E-state index in [1.54, 1.807) is 17.0 Å². The van der Waals surface area contributed by atoms with Gasteiger partial charge in [0.15, 0.2) is 0 Å². The summed E-state index contributed by atoms with van der Waals surface area (Å²) in [5.74, 6) is -0.605. The molecule has 0 unspecified atom stereocenters. The molecule has 0 radical (unpaired) electrons. The van der Waals surface area contributed by atoms with Crippen LogP contribution in [0.3, 0.4) is 0 Å². The molecule has 26 heavy (non-hydrogen) atoms. The predicted molar refractivity (Wildman–Crippen MR) is 98.2 cm³/mol. The third-order valence-electron chi connectivity index (χ3n) is 4.00. The molecule has 1 saturated heterocycles. The number of amides is 2. The number of carbonyl (C=O) groups excluding carboxylic acids is 2. The molecule has 1 aliphatic heterocycles. The standard InChI is InChI=1S/C17H13ClN4O3S/c18-13-7-6-12(26-13)16-20-21-17(25-16)19-15(24)10-8-14(23)22(9-10)11-4-2-1-3-5-11/h1-7,10H,8-9H2,(H,19,21,24)/t10-/m1/s1. The molecule has 1 N–H and O–H groups in total. The van der Waals surface area contributed by atoms with E-state index < -0.39 is 5.92 Å². The fraction of sp³-hybridized carbons (Fsp3) is 0.176. The Balaban J connectivity index is 1.43. The van der Waals surface area contributed by atoms with Crippen molar-refractivity contribution in [3.63, 3.8) is 0 Å². The number of hydrogen-bond acceptors (Lipinski definition) is 6. The van der Waals surface area contributed by atoms with Gasteiger partial charge in [0, 0.05) is 18.7 Å². The van der Waals surface area contributed by atoms with E-state index in [9.17, 15) is 9.59 Å². The van der Waals surface area contributed by atoms with E-state index in [0.29, 0.717) is 15.8 Å². The molecule has 1 aliphatic rings. The molecule has 0 aliphatic carbocycles. The number of halogens is 1. The molecule has 3 heterocycles. The molecule has 0 spiro atoms. The van der Waals surface area contributed by atoms with E-state index in [-0.39, 0.29) is 30.1 Å². The fourth-order valence-corrected chi connectivity index (χ4v) is 3.72. The van der Waals surface area contributed by atoms with Crippen LogP contribution in [0.2, 0.25) is 4.34 Å². The molecule has 0 bridgehead atoms. The van der Waals surface area contributed by atoms with Crippen molar-refractivity contribution in [1.82, 2.24) is 10.2 Å². The Kier molecular flexibility index (Phi) is 4.44. The molecule has 2 aromatic heterocycles. The first-order chi connectivity index (χ1) is 12.6. The van der Waals surface area contributed by atoms with Crippen molar-refractivity contribution in [2.24, 2.45) is 5.92 Å². The van der Waals surface area contributed by atoms with E-state index in [1.807, 2.05) is 30.3 Å². The number of nitrogens with one attached hydrogen (secondary N) is 1. The minimum absolute atomic E-state index is 0.000123. The maximum atomic E-state index is 12.5. The first kappa shape index (κ1) is 16.7. The zero-order valence-corrected chi connectivity index (χ0v) is 15.0. The first-order valence-electron chi connectivity index (χ1n) is 7.85. The number of para-hydroxylation sites is 1. The number of anilines is 2. The smallest absolute Gasteiger partial charge is 0.322 e. The summed E-state index contributed by atoms with van der Waals surface area (Å²) in [6, 6.07) is 12.8. The van der Waals surface area contributed by atoms with Crippen LogP contribution >= 0.6 is 22.9 Å². The van der Waals surface area contributed by atoms with Gasteiger partial charge in [0.25, 0.3) is 5.89 Å². The summed E-state index contributed by atoms with van der Waals surface area (Å²) in [5.41, 5.74) is 0.780. The Labute approximate surface area is 157 Å². The molecular formula is C17H13ClN4O3S. The van der Waals surface area contributed by atoms with Crippen molar-refractivity contribution in [1.29, 1.82) is 0 Å². The van der Waals surface area contributed by atoms with Crippen LogP contribution in [0.4, 0.5) is 11.7 Å². The summed E-state index contributed by atoms with van der Waals surface area (Å²) in [4.78, 5) is 27.0. The van der Waals surface area contributed by atoms with Crippen LogP contribution < -0.4 is 10.2 Å². The quantitative estimate of drug-likeness (QED) is 0.739. The molecule has 132 valence electrons. The number of benzene rings is 1. The molecule has 0 saturated carbocycles. The summed E-state index contributed by atoms with van der Waals surface area (Å²) in [6.45, 7) is 0.316. The second kappa shape index (κ2) is 6.89. The molecule has 1 fully saturated rings. The molecule has 9 heteroatoms. The highest BCUT2D eigenvalue weighted by Crippen LogP contribution is 2.31. The van der Waals surface area contributed by atoms with Crippen LogP contribution in [0.1, 0.15) is 6.42 Å². The maximum Gasteiger partial charge on any atom is 0.322 e. The van der Waals surface area contributed by atoms with Crippen LogP contribution in [0.25, 0.3) is 10.8 Å². The Morgan fingerprint density at radius 2 is 2.04 bits per heavy atom. The van der Waals surface area contributed by atoms with Gasteiger partial charge in [-0.15, -0.1) is 16.4 Å². The minimum atomic E-state index is -0.478. The second-order valence-electron chi connectivity index (χ2n) is 5.75. The third-order valence-corrected chi connectivity index (χ3v) is 5.22. The van der Waals surface area contributed by atoms with Gasteiger partial charge in [-0.05, 0) is 24.3 Å². The van der Waals surface area contributed by atoms with Gasteiger partial charge < -0.3 is 9.32 Å². The number of hydrogen-bond donors (Lipinski definition) is 1. The summed E-state index contributed by atoms with van der Waals surface area (Å²) >= 11 is 7.19. The lowest BCUT2D eigenvalue weighted by Crippen LogP contribution is -2.28. The van der Waals surface area contributed by atoms with Crippen molar-refractivity contribution in [3.05, 3.63) is 46.8 Å². The summed E-state index contributed by atoms with van der Waals surface area (Å²) in [6.07, 6.45) is 0.141. The highest BCUT2D eigenvalue weighted by molar-refractivity contribution is 7.19. The average molecular weight is 389 g/mol. The van der Waals surface area contributed by atoms with E-state index >= 15 is 0 Å². The summed E-state index contributed by atoms with van der Waals surface area (Å²) in [5, 5.41) is 10.3. The van der Waals surface area contributed by atoms with Crippen molar-refractivity contribution in [2.45, 2.75) is 6.42 Å². The average Bonchev–Trinajstić information content (AvgIpc) is 3.35. The van der Waals surface area contributed by atoms with Crippen molar-refractivity contribution < 1.29 is 14.0 Å². The van der Waals surface area contributed by atoms with E-state index in [2.05, 4.69) is 15.5 Å². The van der Waals surface area contributed by atoms with E-state index in [4.69, 9.17) is 16.0 Å². The zero-order valence-electron chi connectivity index (χ0n) is 13.4. The first-order valence-corrected chi connectivity index (χ1v) is 9.05. The summed E-state index contributed by atoms with van der Waals surface area (Å²) in [7, 11) is 0. The lowest BCUT2D eigenvalue weighted by atomic mass is 10.1. The van der Waals surface area contributed by atoms with E-state index in [1.165, 1.54) is 11.3 Å². The molecule has 7 nitrogen and oxygen atoms in total. The van der Waals surface area contributed by atoms with Gasteiger partial charge in [-0.25, -0.2) is 0 Å². The van der Waals surface area contributed by atoms with Crippen LogP contribution in [-0.2, 0) is 9.59 Å². The lowest BCUT2D eigenvalue weighted by molar-refractivity contribution is -0.122. The zero-order chi connectivity index (χ0) is 18.1. The number of carbonyl (C=O) groups is 2. The van der Waals surface area contributed by atoms with Crippen LogP contribution in [0, 0.1) is 5.92 Å². The Bertz CT molecular complexity index is 956. The number of aromatic nitrogens is 2. The predicted octanol–water partition coefficient (Wildman–Crippen LogP) is 3.44. The fourth-order valence-electron chi connectivity index (χ4n) is 2.75. The van der Waals surface area contributed by atoms with Crippen LogP contribution in [0.15, 0.2) is 46.9 Å².